The summed E-state index contributed by atoms with van der Waals surface area (Å²) in [5, 5.41) is 3.01. The molecule has 0 spiro atoms. The lowest BCUT2D eigenvalue weighted by atomic mass is 10.1. The second kappa shape index (κ2) is 6.20. The molecule has 0 aliphatic carbocycles. The largest absolute Gasteiger partial charge is 0.465 e. The molecule has 1 rings (SSSR count). The van der Waals surface area contributed by atoms with E-state index in [4.69, 9.17) is 22.7 Å². The Kier molecular flexibility index (Phi) is 4.90. The zero-order valence-electron chi connectivity index (χ0n) is 9.95. The van der Waals surface area contributed by atoms with Crippen LogP contribution in [0.1, 0.15) is 18.1 Å². The molecule has 92 valence electrons. The van der Waals surface area contributed by atoms with Crippen LogP contribution in [0.25, 0.3) is 0 Å². The number of esters is 1. The molecule has 0 bridgehead atoms. The number of aryl methyl sites for hydroxylation is 1. The van der Waals surface area contributed by atoms with E-state index in [1.807, 2.05) is 25.1 Å². The Bertz CT molecular complexity index is 433. The Morgan fingerprint density at radius 3 is 2.82 bits per heavy atom. The molecular weight excluding hydrogens is 236 g/mol. The Morgan fingerprint density at radius 2 is 2.24 bits per heavy atom. The first-order valence-corrected chi connectivity index (χ1v) is 5.76. The van der Waals surface area contributed by atoms with Crippen molar-refractivity contribution in [2.45, 2.75) is 13.8 Å². The number of rotatable bonds is 5. The van der Waals surface area contributed by atoms with Crippen molar-refractivity contribution in [2.75, 3.05) is 18.5 Å². The maximum Gasteiger partial charge on any atom is 0.325 e. The standard InChI is InChI=1S/C12H16N2O2S/c1-3-16-10(15)7-14-11-8(2)5-4-6-9(11)12(13)17/h4-6,14H,3,7H2,1-2H3,(H2,13,17). The highest BCUT2D eigenvalue weighted by Gasteiger charge is 2.09. The fourth-order valence-corrected chi connectivity index (χ4v) is 1.65. The molecule has 0 unspecified atom stereocenters. The molecule has 17 heavy (non-hydrogen) atoms. The van der Waals surface area contributed by atoms with E-state index < -0.39 is 0 Å². The van der Waals surface area contributed by atoms with Crippen LogP contribution in [0.2, 0.25) is 0 Å². The number of hydrogen-bond donors (Lipinski definition) is 2. The SMILES string of the molecule is CCOC(=O)CNc1c(C)cccc1C(N)=S. The van der Waals surface area contributed by atoms with Gasteiger partial charge >= 0.3 is 5.97 Å². The number of ether oxygens (including phenoxy) is 1. The van der Waals surface area contributed by atoms with E-state index in [9.17, 15) is 4.79 Å². The second-order valence-electron chi connectivity index (χ2n) is 3.52. The average Bonchev–Trinajstić information content (AvgIpc) is 2.27. The van der Waals surface area contributed by atoms with Crippen LogP contribution in [-0.4, -0.2) is 24.1 Å². The van der Waals surface area contributed by atoms with Gasteiger partial charge in [-0.25, -0.2) is 0 Å². The summed E-state index contributed by atoms with van der Waals surface area (Å²) in [5.41, 5.74) is 8.13. The zero-order chi connectivity index (χ0) is 12.8. The number of nitrogens with two attached hydrogens (primary N) is 1. The first-order chi connectivity index (χ1) is 8.06. The average molecular weight is 252 g/mol. The lowest BCUT2D eigenvalue weighted by Gasteiger charge is -2.13. The predicted octanol–water partition coefficient (Wildman–Crippen LogP) is 1.60. The Labute approximate surface area is 106 Å². The van der Waals surface area contributed by atoms with Crippen molar-refractivity contribution in [1.82, 2.24) is 0 Å². The normalized spacial score (nSPS) is 9.76. The van der Waals surface area contributed by atoms with E-state index in [1.165, 1.54) is 0 Å². The van der Waals surface area contributed by atoms with Crippen LogP contribution in [0.5, 0.6) is 0 Å². The van der Waals surface area contributed by atoms with Gasteiger partial charge in [0.1, 0.15) is 11.5 Å². The van der Waals surface area contributed by atoms with Gasteiger partial charge in [0.2, 0.25) is 0 Å². The van der Waals surface area contributed by atoms with Crippen LogP contribution in [-0.2, 0) is 9.53 Å². The minimum absolute atomic E-state index is 0.105. The lowest BCUT2D eigenvalue weighted by Crippen LogP contribution is -2.20. The maximum atomic E-state index is 11.3. The van der Waals surface area contributed by atoms with Crippen molar-refractivity contribution < 1.29 is 9.53 Å². The minimum atomic E-state index is -0.301. The van der Waals surface area contributed by atoms with Crippen molar-refractivity contribution in [3.05, 3.63) is 29.3 Å². The third-order valence-electron chi connectivity index (χ3n) is 2.25. The van der Waals surface area contributed by atoms with Gasteiger partial charge in [-0.05, 0) is 25.5 Å². The summed E-state index contributed by atoms with van der Waals surface area (Å²) in [6.07, 6.45) is 0. The summed E-state index contributed by atoms with van der Waals surface area (Å²) in [6.45, 7) is 4.17. The van der Waals surface area contributed by atoms with Gasteiger partial charge in [-0.1, -0.05) is 24.4 Å². The van der Waals surface area contributed by atoms with Crippen LogP contribution in [0.3, 0.4) is 0 Å². The molecule has 0 saturated heterocycles. The molecule has 0 atom stereocenters. The molecule has 0 heterocycles. The number of hydrogen-bond acceptors (Lipinski definition) is 4. The van der Waals surface area contributed by atoms with Crippen molar-refractivity contribution in [3.63, 3.8) is 0 Å². The van der Waals surface area contributed by atoms with Gasteiger partial charge in [-0.15, -0.1) is 0 Å². The highest BCUT2D eigenvalue weighted by Crippen LogP contribution is 2.20. The number of carbonyl (C=O) groups is 1. The molecule has 0 radical (unpaired) electrons. The number of benzene rings is 1. The minimum Gasteiger partial charge on any atom is -0.465 e. The van der Waals surface area contributed by atoms with E-state index >= 15 is 0 Å². The maximum absolute atomic E-state index is 11.3. The third-order valence-corrected chi connectivity index (χ3v) is 2.47. The summed E-state index contributed by atoms with van der Waals surface area (Å²) in [4.78, 5) is 11.6. The summed E-state index contributed by atoms with van der Waals surface area (Å²) in [7, 11) is 0. The highest BCUT2D eigenvalue weighted by molar-refractivity contribution is 7.80. The fraction of sp³-hybridized carbons (Fsp3) is 0.333. The Morgan fingerprint density at radius 1 is 1.53 bits per heavy atom. The van der Waals surface area contributed by atoms with Gasteiger partial charge in [-0.2, -0.15) is 0 Å². The number of thiocarbonyl (C=S) groups is 1. The number of anilines is 1. The lowest BCUT2D eigenvalue weighted by molar-refractivity contribution is -0.140. The topological polar surface area (TPSA) is 64.3 Å². The molecule has 4 nitrogen and oxygen atoms in total. The molecule has 0 fully saturated rings. The number of carbonyl (C=O) groups excluding carboxylic acids is 1. The third kappa shape index (κ3) is 3.71. The van der Waals surface area contributed by atoms with Crippen molar-refractivity contribution in [2.24, 2.45) is 5.73 Å². The molecule has 0 amide bonds. The molecule has 0 saturated carbocycles. The van der Waals surface area contributed by atoms with E-state index in [0.717, 1.165) is 16.8 Å². The highest BCUT2D eigenvalue weighted by atomic mass is 32.1. The van der Waals surface area contributed by atoms with Crippen LogP contribution in [0.4, 0.5) is 5.69 Å². The molecule has 5 heteroatoms. The van der Waals surface area contributed by atoms with E-state index in [-0.39, 0.29) is 12.5 Å². The van der Waals surface area contributed by atoms with Crippen LogP contribution < -0.4 is 11.1 Å². The van der Waals surface area contributed by atoms with E-state index in [2.05, 4.69) is 5.32 Å². The Balaban J connectivity index is 2.82. The number of para-hydroxylation sites is 1. The quantitative estimate of drug-likeness (QED) is 0.615. The molecule has 0 aromatic heterocycles. The summed E-state index contributed by atoms with van der Waals surface area (Å²) >= 11 is 4.96. The van der Waals surface area contributed by atoms with Crippen molar-refractivity contribution in [3.8, 4) is 0 Å². The van der Waals surface area contributed by atoms with Crippen molar-refractivity contribution >= 4 is 28.9 Å². The molecular formula is C12H16N2O2S. The van der Waals surface area contributed by atoms with Gasteiger partial charge in [0.15, 0.2) is 0 Å². The summed E-state index contributed by atoms with van der Waals surface area (Å²) in [6, 6.07) is 5.62. The molecule has 0 aliphatic rings. The molecule has 0 aliphatic heterocycles. The van der Waals surface area contributed by atoms with Gasteiger partial charge in [0, 0.05) is 11.3 Å². The van der Waals surface area contributed by atoms with Gasteiger partial charge < -0.3 is 15.8 Å². The van der Waals surface area contributed by atoms with Gasteiger partial charge in [0.25, 0.3) is 0 Å². The first kappa shape index (κ1) is 13.4. The fourth-order valence-electron chi connectivity index (χ4n) is 1.48. The smallest absolute Gasteiger partial charge is 0.325 e. The molecule has 1 aromatic carbocycles. The van der Waals surface area contributed by atoms with Crippen molar-refractivity contribution in [1.29, 1.82) is 0 Å². The molecule has 1 aromatic rings. The van der Waals surface area contributed by atoms with E-state index in [1.54, 1.807) is 6.92 Å². The van der Waals surface area contributed by atoms with E-state index in [0.29, 0.717) is 11.6 Å². The monoisotopic (exact) mass is 252 g/mol. The predicted molar refractivity (Wildman–Crippen MR) is 72.2 cm³/mol. The van der Waals surface area contributed by atoms with Crippen LogP contribution in [0, 0.1) is 6.92 Å². The van der Waals surface area contributed by atoms with Gasteiger partial charge in [-0.3, -0.25) is 4.79 Å². The van der Waals surface area contributed by atoms with Gasteiger partial charge in [0.05, 0.1) is 6.61 Å². The summed E-state index contributed by atoms with van der Waals surface area (Å²) < 4.78 is 4.84. The Hall–Kier alpha value is -1.62. The first-order valence-electron chi connectivity index (χ1n) is 5.35. The summed E-state index contributed by atoms with van der Waals surface area (Å²) in [5.74, 6) is -0.301. The van der Waals surface area contributed by atoms with Crippen LogP contribution >= 0.6 is 12.2 Å². The van der Waals surface area contributed by atoms with Crippen LogP contribution in [0.15, 0.2) is 18.2 Å². The second-order valence-corrected chi connectivity index (χ2v) is 3.96. The zero-order valence-corrected chi connectivity index (χ0v) is 10.8. The number of nitrogens with one attached hydrogen (secondary N) is 1. The molecule has 3 N–H and O–H groups in total.